The van der Waals surface area contributed by atoms with Gasteiger partial charge in [0, 0.05) is 13.1 Å². The van der Waals surface area contributed by atoms with Crippen LogP contribution >= 0.6 is 11.6 Å². The first kappa shape index (κ1) is 14.3. The van der Waals surface area contributed by atoms with Crippen molar-refractivity contribution in [1.82, 2.24) is 19.9 Å². The van der Waals surface area contributed by atoms with E-state index in [1.54, 1.807) is 0 Å². The average molecular weight is 286 g/mol. The van der Waals surface area contributed by atoms with E-state index in [2.05, 4.69) is 32.1 Å². The van der Waals surface area contributed by atoms with Crippen molar-refractivity contribution in [1.29, 1.82) is 0 Å². The minimum absolute atomic E-state index is 0.155. The van der Waals surface area contributed by atoms with Crippen LogP contribution in [0.5, 0.6) is 6.01 Å². The SMILES string of the molecule is CCOc1nc(Cl)nc(NCC2CCN(CC)C2)n1. The Morgan fingerprint density at radius 1 is 1.37 bits per heavy atom. The van der Waals surface area contributed by atoms with Gasteiger partial charge in [0.15, 0.2) is 0 Å². The van der Waals surface area contributed by atoms with Crippen LogP contribution in [0, 0.1) is 5.92 Å². The van der Waals surface area contributed by atoms with Gasteiger partial charge >= 0.3 is 6.01 Å². The molecule has 7 heteroatoms. The summed E-state index contributed by atoms with van der Waals surface area (Å²) in [7, 11) is 0. The molecule has 1 aromatic heterocycles. The molecule has 0 saturated carbocycles. The van der Waals surface area contributed by atoms with Crippen LogP contribution in [0.4, 0.5) is 5.95 Å². The smallest absolute Gasteiger partial charge is 0.322 e. The molecule has 1 atom stereocenters. The monoisotopic (exact) mass is 285 g/mol. The van der Waals surface area contributed by atoms with Crippen LogP contribution in [0.25, 0.3) is 0 Å². The van der Waals surface area contributed by atoms with Crippen molar-refractivity contribution in [3.8, 4) is 6.01 Å². The molecule has 1 N–H and O–H groups in total. The van der Waals surface area contributed by atoms with Crippen molar-refractivity contribution in [2.75, 3.05) is 38.1 Å². The van der Waals surface area contributed by atoms with Gasteiger partial charge in [-0.3, -0.25) is 0 Å². The third kappa shape index (κ3) is 4.18. The van der Waals surface area contributed by atoms with Gasteiger partial charge in [0.2, 0.25) is 11.2 Å². The normalized spacial score (nSPS) is 19.6. The van der Waals surface area contributed by atoms with E-state index in [9.17, 15) is 0 Å². The highest BCUT2D eigenvalue weighted by molar-refractivity contribution is 6.28. The van der Waals surface area contributed by atoms with Crippen LogP contribution < -0.4 is 10.1 Å². The number of anilines is 1. The molecule has 1 aliphatic rings. The molecule has 1 unspecified atom stereocenters. The maximum atomic E-state index is 5.84. The third-order valence-electron chi connectivity index (χ3n) is 3.23. The molecule has 1 saturated heterocycles. The van der Waals surface area contributed by atoms with E-state index in [4.69, 9.17) is 16.3 Å². The van der Waals surface area contributed by atoms with Crippen LogP contribution in [-0.2, 0) is 0 Å². The van der Waals surface area contributed by atoms with E-state index in [0.717, 1.165) is 19.6 Å². The fraction of sp³-hybridized carbons (Fsp3) is 0.750. The van der Waals surface area contributed by atoms with Crippen LogP contribution in [0.1, 0.15) is 20.3 Å². The minimum atomic E-state index is 0.155. The van der Waals surface area contributed by atoms with Crippen molar-refractivity contribution >= 4 is 17.5 Å². The van der Waals surface area contributed by atoms with E-state index >= 15 is 0 Å². The maximum Gasteiger partial charge on any atom is 0.322 e. The lowest BCUT2D eigenvalue weighted by atomic mass is 10.1. The van der Waals surface area contributed by atoms with E-state index in [1.165, 1.54) is 13.0 Å². The van der Waals surface area contributed by atoms with Gasteiger partial charge in [0.25, 0.3) is 0 Å². The number of nitrogens with one attached hydrogen (secondary N) is 1. The predicted molar refractivity (Wildman–Crippen MR) is 74.7 cm³/mol. The Morgan fingerprint density at radius 2 is 2.21 bits per heavy atom. The van der Waals surface area contributed by atoms with E-state index in [-0.39, 0.29) is 11.3 Å². The number of nitrogens with zero attached hydrogens (tertiary/aromatic N) is 4. The molecule has 6 nitrogen and oxygen atoms in total. The molecule has 2 heterocycles. The summed E-state index contributed by atoms with van der Waals surface area (Å²) in [5.74, 6) is 1.12. The summed E-state index contributed by atoms with van der Waals surface area (Å²) in [6.07, 6.45) is 1.21. The van der Waals surface area contributed by atoms with Crippen molar-refractivity contribution in [3.63, 3.8) is 0 Å². The van der Waals surface area contributed by atoms with Crippen LogP contribution in [-0.4, -0.2) is 52.6 Å². The van der Waals surface area contributed by atoms with Gasteiger partial charge in [-0.2, -0.15) is 15.0 Å². The highest BCUT2D eigenvalue weighted by Crippen LogP contribution is 2.17. The van der Waals surface area contributed by atoms with Gasteiger partial charge in [0.1, 0.15) is 0 Å². The number of aromatic nitrogens is 3. The topological polar surface area (TPSA) is 63.2 Å². The fourth-order valence-electron chi connectivity index (χ4n) is 2.21. The quantitative estimate of drug-likeness (QED) is 0.858. The van der Waals surface area contributed by atoms with Crippen LogP contribution in [0.3, 0.4) is 0 Å². The fourth-order valence-corrected chi connectivity index (χ4v) is 2.36. The van der Waals surface area contributed by atoms with E-state index in [1.807, 2.05) is 6.92 Å². The third-order valence-corrected chi connectivity index (χ3v) is 3.40. The van der Waals surface area contributed by atoms with Crippen molar-refractivity contribution in [2.24, 2.45) is 5.92 Å². The molecule has 1 aromatic rings. The standard InChI is InChI=1S/C12H20ClN5O/c1-3-18-6-5-9(8-18)7-14-11-15-10(13)16-12(17-11)19-4-2/h9H,3-8H2,1-2H3,(H,14,15,16,17). The van der Waals surface area contributed by atoms with Crippen molar-refractivity contribution in [3.05, 3.63) is 5.28 Å². The molecular formula is C12H20ClN5O. The highest BCUT2D eigenvalue weighted by Gasteiger charge is 2.21. The van der Waals surface area contributed by atoms with Crippen LogP contribution in [0.15, 0.2) is 0 Å². The summed E-state index contributed by atoms with van der Waals surface area (Å²) >= 11 is 5.84. The number of ether oxygens (including phenoxy) is 1. The summed E-state index contributed by atoms with van der Waals surface area (Å²) in [5.41, 5.74) is 0. The average Bonchev–Trinajstić information content (AvgIpc) is 2.84. The molecule has 19 heavy (non-hydrogen) atoms. The number of rotatable bonds is 6. The van der Waals surface area contributed by atoms with E-state index < -0.39 is 0 Å². The minimum Gasteiger partial charge on any atom is -0.464 e. The highest BCUT2D eigenvalue weighted by atomic mass is 35.5. The zero-order chi connectivity index (χ0) is 13.7. The van der Waals surface area contributed by atoms with E-state index in [0.29, 0.717) is 18.5 Å². The largest absolute Gasteiger partial charge is 0.464 e. The Hall–Kier alpha value is -1.14. The molecule has 0 aromatic carbocycles. The molecule has 1 fully saturated rings. The van der Waals surface area contributed by atoms with Gasteiger partial charge in [-0.15, -0.1) is 0 Å². The zero-order valence-electron chi connectivity index (χ0n) is 11.4. The zero-order valence-corrected chi connectivity index (χ0v) is 12.2. The maximum absolute atomic E-state index is 5.84. The molecular weight excluding hydrogens is 266 g/mol. The molecule has 0 aliphatic carbocycles. The Balaban J connectivity index is 1.88. The van der Waals surface area contributed by atoms with Crippen molar-refractivity contribution < 1.29 is 4.74 Å². The van der Waals surface area contributed by atoms with Crippen LogP contribution in [0.2, 0.25) is 5.28 Å². The van der Waals surface area contributed by atoms with Gasteiger partial charge < -0.3 is 15.0 Å². The summed E-state index contributed by atoms with van der Waals surface area (Å²) in [6.45, 7) is 8.84. The summed E-state index contributed by atoms with van der Waals surface area (Å²) < 4.78 is 5.24. The summed E-state index contributed by atoms with van der Waals surface area (Å²) in [6, 6.07) is 0.270. The second-order valence-electron chi connectivity index (χ2n) is 4.57. The lowest BCUT2D eigenvalue weighted by Gasteiger charge is -2.13. The Morgan fingerprint density at radius 3 is 2.89 bits per heavy atom. The first-order chi connectivity index (χ1) is 9.21. The first-order valence-electron chi connectivity index (χ1n) is 6.71. The second-order valence-corrected chi connectivity index (χ2v) is 4.91. The number of hydrogen-bond acceptors (Lipinski definition) is 6. The molecule has 2 rings (SSSR count). The van der Waals surface area contributed by atoms with Gasteiger partial charge in [-0.1, -0.05) is 6.92 Å². The first-order valence-corrected chi connectivity index (χ1v) is 7.09. The summed E-state index contributed by atoms with van der Waals surface area (Å²) in [4.78, 5) is 14.6. The summed E-state index contributed by atoms with van der Waals surface area (Å²) in [5, 5.41) is 3.37. The lowest BCUT2D eigenvalue weighted by molar-refractivity contribution is 0.312. The van der Waals surface area contributed by atoms with Gasteiger partial charge in [0.05, 0.1) is 6.61 Å². The number of halogens is 1. The lowest BCUT2D eigenvalue weighted by Crippen LogP contribution is -2.23. The molecule has 106 valence electrons. The Labute approximate surface area is 118 Å². The molecule has 0 radical (unpaired) electrons. The molecule has 1 aliphatic heterocycles. The Bertz CT molecular complexity index is 417. The number of likely N-dealkylation sites (tertiary alicyclic amines) is 1. The van der Waals surface area contributed by atoms with Crippen molar-refractivity contribution in [2.45, 2.75) is 20.3 Å². The predicted octanol–water partition coefficient (Wildman–Crippen LogP) is 1.68. The second kappa shape index (κ2) is 6.86. The number of hydrogen-bond donors (Lipinski definition) is 1. The van der Waals surface area contributed by atoms with Gasteiger partial charge in [-0.05, 0) is 44.0 Å². The Kier molecular flexibility index (Phi) is 5.15. The molecule has 0 amide bonds. The van der Waals surface area contributed by atoms with Gasteiger partial charge in [-0.25, -0.2) is 0 Å². The molecule has 0 bridgehead atoms. The molecule has 0 spiro atoms.